The number of rotatable bonds is 5. The van der Waals surface area contributed by atoms with Crippen molar-refractivity contribution in [2.75, 3.05) is 20.1 Å². The predicted molar refractivity (Wildman–Crippen MR) is 125 cm³/mol. The summed E-state index contributed by atoms with van der Waals surface area (Å²) in [5.41, 5.74) is 4.75. The summed E-state index contributed by atoms with van der Waals surface area (Å²) < 4.78 is 3.65. The summed E-state index contributed by atoms with van der Waals surface area (Å²) in [6.07, 6.45) is 3.62. The van der Waals surface area contributed by atoms with Crippen LogP contribution < -0.4 is 10.9 Å². The molecule has 3 aromatic rings. The minimum atomic E-state index is -0.243. The molecule has 168 valence electrons. The molecule has 2 aromatic heterocycles. The quantitative estimate of drug-likeness (QED) is 0.671. The minimum absolute atomic E-state index is 0.138. The van der Waals surface area contributed by atoms with E-state index in [1.165, 1.54) is 0 Å². The van der Waals surface area contributed by atoms with Crippen LogP contribution in [0.4, 0.5) is 0 Å². The molecule has 0 aliphatic carbocycles. The average Bonchev–Trinajstić information content (AvgIpc) is 3.12. The molecule has 0 bridgehead atoms. The summed E-state index contributed by atoms with van der Waals surface area (Å²) in [5, 5.41) is 7.87. The van der Waals surface area contributed by atoms with Crippen molar-refractivity contribution in [3.8, 4) is 5.69 Å². The lowest BCUT2D eigenvalue weighted by Crippen LogP contribution is -2.39. The Bertz CT molecular complexity index is 1190. The van der Waals surface area contributed by atoms with Gasteiger partial charge in [0, 0.05) is 31.5 Å². The van der Waals surface area contributed by atoms with Crippen LogP contribution in [0.3, 0.4) is 0 Å². The van der Waals surface area contributed by atoms with Gasteiger partial charge in [0.2, 0.25) is 0 Å². The Morgan fingerprint density at radius 1 is 1.16 bits per heavy atom. The summed E-state index contributed by atoms with van der Waals surface area (Å²) in [7, 11) is 1.75. The van der Waals surface area contributed by atoms with Gasteiger partial charge in [-0.15, -0.1) is 0 Å². The Morgan fingerprint density at radius 3 is 2.59 bits per heavy atom. The van der Waals surface area contributed by atoms with Crippen molar-refractivity contribution in [3.05, 3.63) is 81.0 Å². The summed E-state index contributed by atoms with van der Waals surface area (Å²) in [5.74, 6) is -0.243. The second-order valence-corrected chi connectivity index (χ2v) is 8.74. The molecule has 0 radical (unpaired) electrons. The molecule has 4 rings (SSSR count). The molecule has 7 nitrogen and oxygen atoms in total. The SMILES string of the molecule is Cc1cc(C)n(-c2cccc(CN(C)C(=O)c3c(C)ccn(C4CCNCC4)c3=O)c2)n1. The van der Waals surface area contributed by atoms with Gasteiger partial charge in [-0.05, 0) is 82.1 Å². The highest BCUT2D eigenvalue weighted by Crippen LogP contribution is 2.19. The van der Waals surface area contributed by atoms with Crippen LogP contribution in [0.25, 0.3) is 5.69 Å². The standard InChI is InChI=1S/C25H31N5O2/c1-17-10-13-29(21-8-11-26-12-9-21)25(32)23(17)24(31)28(4)16-20-6-5-7-22(15-20)30-19(3)14-18(2)27-30/h5-7,10,13-15,21,26H,8-9,11-12,16H2,1-4H3. The van der Waals surface area contributed by atoms with Crippen molar-refractivity contribution in [2.24, 2.45) is 0 Å². The molecule has 1 aliphatic heterocycles. The minimum Gasteiger partial charge on any atom is -0.337 e. The van der Waals surface area contributed by atoms with Crippen molar-refractivity contribution in [2.45, 2.75) is 46.2 Å². The van der Waals surface area contributed by atoms with Crippen molar-refractivity contribution in [3.63, 3.8) is 0 Å². The maximum Gasteiger partial charge on any atom is 0.263 e. The van der Waals surface area contributed by atoms with Crippen LogP contribution in [-0.2, 0) is 6.54 Å². The van der Waals surface area contributed by atoms with E-state index in [4.69, 9.17) is 0 Å². The lowest BCUT2D eigenvalue weighted by Gasteiger charge is -2.26. The van der Waals surface area contributed by atoms with Crippen LogP contribution in [-0.4, -0.2) is 45.3 Å². The monoisotopic (exact) mass is 433 g/mol. The number of nitrogens with zero attached hydrogens (tertiary/aromatic N) is 4. The first-order valence-corrected chi connectivity index (χ1v) is 11.2. The molecule has 1 fully saturated rings. The molecule has 1 N–H and O–H groups in total. The van der Waals surface area contributed by atoms with Crippen molar-refractivity contribution < 1.29 is 4.79 Å². The fraction of sp³-hybridized carbons (Fsp3) is 0.400. The molecule has 7 heteroatoms. The lowest BCUT2D eigenvalue weighted by molar-refractivity contribution is 0.0781. The first-order chi connectivity index (χ1) is 15.3. The first-order valence-electron chi connectivity index (χ1n) is 11.2. The Kier molecular flexibility index (Phi) is 6.28. The van der Waals surface area contributed by atoms with Crippen LogP contribution in [0.15, 0.2) is 47.4 Å². The Labute approximate surface area is 188 Å². The van der Waals surface area contributed by atoms with E-state index in [1.54, 1.807) is 16.5 Å². The van der Waals surface area contributed by atoms with E-state index in [2.05, 4.69) is 10.4 Å². The normalized spacial score (nSPS) is 14.5. The number of pyridine rings is 1. The summed E-state index contributed by atoms with van der Waals surface area (Å²) in [6, 6.07) is 12.1. The molecule has 1 amide bonds. The molecule has 3 heterocycles. The molecular formula is C25H31N5O2. The van der Waals surface area contributed by atoms with Gasteiger partial charge in [-0.2, -0.15) is 5.10 Å². The van der Waals surface area contributed by atoms with Crippen molar-refractivity contribution in [1.29, 1.82) is 0 Å². The Morgan fingerprint density at radius 2 is 1.91 bits per heavy atom. The molecule has 1 aromatic carbocycles. The molecule has 0 atom stereocenters. The van der Waals surface area contributed by atoms with E-state index in [9.17, 15) is 9.59 Å². The zero-order valence-electron chi connectivity index (χ0n) is 19.3. The number of hydrogen-bond acceptors (Lipinski definition) is 4. The van der Waals surface area contributed by atoms with E-state index in [-0.39, 0.29) is 23.1 Å². The molecule has 1 aliphatic rings. The maximum atomic E-state index is 13.3. The number of aromatic nitrogens is 3. The fourth-order valence-corrected chi connectivity index (χ4v) is 4.49. The second kappa shape index (κ2) is 9.12. The third-order valence-electron chi connectivity index (χ3n) is 6.17. The van der Waals surface area contributed by atoms with Crippen LogP contribution >= 0.6 is 0 Å². The zero-order chi connectivity index (χ0) is 22.8. The van der Waals surface area contributed by atoms with E-state index in [0.29, 0.717) is 12.1 Å². The fourth-order valence-electron chi connectivity index (χ4n) is 4.49. The highest BCUT2D eigenvalue weighted by molar-refractivity contribution is 5.95. The first kappa shape index (κ1) is 22.0. The second-order valence-electron chi connectivity index (χ2n) is 8.74. The topological polar surface area (TPSA) is 72.2 Å². The molecule has 1 saturated heterocycles. The number of piperidine rings is 1. The molecule has 32 heavy (non-hydrogen) atoms. The Balaban J connectivity index is 1.58. The highest BCUT2D eigenvalue weighted by atomic mass is 16.2. The molecule has 0 spiro atoms. The van der Waals surface area contributed by atoms with Gasteiger partial charge in [-0.1, -0.05) is 12.1 Å². The van der Waals surface area contributed by atoms with Crippen LogP contribution in [0.1, 0.15) is 51.8 Å². The lowest BCUT2D eigenvalue weighted by atomic mass is 10.0. The number of amides is 1. The molecular weight excluding hydrogens is 402 g/mol. The zero-order valence-corrected chi connectivity index (χ0v) is 19.3. The van der Waals surface area contributed by atoms with Crippen LogP contribution in [0.2, 0.25) is 0 Å². The third-order valence-corrected chi connectivity index (χ3v) is 6.17. The number of carbonyl (C=O) groups is 1. The number of benzene rings is 1. The van der Waals surface area contributed by atoms with Crippen LogP contribution in [0, 0.1) is 20.8 Å². The average molecular weight is 434 g/mol. The summed E-state index contributed by atoms with van der Waals surface area (Å²) in [4.78, 5) is 28.2. The highest BCUT2D eigenvalue weighted by Gasteiger charge is 2.23. The van der Waals surface area contributed by atoms with E-state index >= 15 is 0 Å². The van der Waals surface area contributed by atoms with E-state index < -0.39 is 0 Å². The van der Waals surface area contributed by atoms with Crippen molar-refractivity contribution >= 4 is 5.91 Å². The number of nitrogens with one attached hydrogen (secondary N) is 1. The van der Waals surface area contributed by atoms with Gasteiger partial charge in [-0.25, -0.2) is 4.68 Å². The van der Waals surface area contributed by atoms with Gasteiger partial charge in [0.15, 0.2) is 0 Å². The molecule has 0 unspecified atom stereocenters. The third kappa shape index (κ3) is 4.39. The summed E-state index contributed by atoms with van der Waals surface area (Å²) >= 11 is 0. The van der Waals surface area contributed by atoms with Gasteiger partial charge in [0.25, 0.3) is 11.5 Å². The van der Waals surface area contributed by atoms with Gasteiger partial charge in [-0.3, -0.25) is 9.59 Å². The summed E-state index contributed by atoms with van der Waals surface area (Å²) in [6.45, 7) is 8.01. The number of hydrogen-bond donors (Lipinski definition) is 1. The molecule has 0 saturated carbocycles. The van der Waals surface area contributed by atoms with Crippen LogP contribution in [0.5, 0.6) is 0 Å². The van der Waals surface area contributed by atoms with Crippen molar-refractivity contribution in [1.82, 2.24) is 24.6 Å². The van der Waals surface area contributed by atoms with Gasteiger partial charge in [0.05, 0.1) is 11.4 Å². The maximum absolute atomic E-state index is 13.3. The largest absolute Gasteiger partial charge is 0.337 e. The Hall–Kier alpha value is -3.19. The number of carbonyl (C=O) groups excluding carboxylic acids is 1. The van der Waals surface area contributed by atoms with E-state index in [0.717, 1.165) is 48.6 Å². The van der Waals surface area contributed by atoms with Gasteiger partial charge in [0.1, 0.15) is 5.56 Å². The predicted octanol–water partition coefficient (Wildman–Crippen LogP) is 3.16. The van der Waals surface area contributed by atoms with E-state index in [1.807, 2.05) is 68.0 Å². The number of aryl methyl sites for hydroxylation is 3. The van der Waals surface area contributed by atoms with Gasteiger partial charge < -0.3 is 14.8 Å². The smallest absolute Gasteiger partial charge is 0.263 e. The van der Waals surface area contributed by atoms with Gasteiger partial charge >= 0.3 is 0 Å².